The summed E-state index contributed by atoms with van der Waals surface area (Å²) in [4.78, 5) is 30.8. The lowest BCUT2D eigenvalue weighted by Crippen LogP contribution is -2.41. The molecule has 0 spiro atoms. The van der Waals surface area contributed by atoms with E-state index in [1.54, 1.807) is 22.9 Å². The lowest BCUT2D eigenvalue weighted by atomic mass is 9.86. The first-order chi connectivity index (χ1) is 18.0. The minimum atomic E-state index is -0.934. The van der Waals surface area contributed by atoms with Gasteiger partial charge in [-0.25, -0.2) is 9.78 Å². The van der Waals surface area contributed by atoms with Crippen molar-refractivity contribution in [1.29, 1.82) is 0 Å². The maximum Gasteiger partial charge on any atom is 0.412 e. The number of rotatable bonds is 8. The maximum atomic E-state index is 12.3. The summed E-state index contributed by atoms with van der Waals surface area (Å²) in [5.41, 5.74) is 3.57. The number of amides is 1. The molecule has 37 heavy (non-hydrogen) atoms. The first-order valence-electron chi connectivity index (χ1n) is 13.5. The zero-order chi connectivity index (χ0) is 25.9. The number of imidazole rings is 1. The molecular weight excluding hydrogens is 470 g/mol. The van der Waals surface area contributed by atoms with Gasteiger partial charge >= 0.3 is 6.09 Å². The number of fused-ring (bicyclic) bond motifs is 3. The molecule has 9 nitrogen and oxygen atoms in total. The number of aliphatic hydroxyl groups excluding tert-OH is 1. The van der Waals surface area contributed by atoms with Crippen molar-refractivity contribution in [2.24, 2.45) is 5.92 Å². The van der Waals surface area contributed by atoms with Crippen molar-refractivity contribution < 1.29 is 15.0 Å². The summed E-state index contributed by atoms with van der Waals surface area (Å²) in [5.74, 6) is 1.34. The molecule has 1 aliphatic carbocycles. The molecular formula is C28H37N5O4. The third kappa shape index (κ3) is 5.29. The van der Waals surface area contributed by atoms with E-state index < -0.39 is 6.09 Å². The smallest absolute Gasteiger partial charge is 0.412 e. The lowest BCUT2D eigenvalue weighted by molar-refractivity contribution is 0.175. The van der Waals surface area contributed by atoms with Crippen LogP contribution in [0.2, 0.25) is 0 Å². The van der Waals surface area contributed by atoms with Crippen LogP contribution in [0.1, 0.15) is 50.4 Å². The molecule has 5 rings (SSSR count). The van der Waals surface area contributed by atoms with E-state index in [1.807, 2.05) is 25.1 Å². The number of hydrogen-bond donors (Lipinski definition) is 3. The van der Waals surface area contributed by atoms with E-state index >= 15 is 0 Å². The second-order valence-electron chi connectivity index (χ2n) is 10.5. The van der Waals surface area contributed by atoms with E-state index in [0.29, 0.717) is 24.9 Å². The molecule has 2 aliphatic rings. The molecule has 1 amide bonds. The molecule has 0 radical (unpaired) electrons. The molecule has 1 aliphatic heterocycles. The Labute approximate surface area is 216 Å². The van der Waals surface area contributed by atoms with Crippen LogP contribution >= 0.6 is 0 Å². The van der Waals surface area contributed by atoms with E-state index in [4.69, 9.17) is 4.98 Å². The van der Waals surface area contributed by atoms with Gasteiger partial charge in [-0.2, -0.15) is 0 Å². The molecule has 0 bridgehead atoms. The highest BCUT2D eigenvalue weighted by Crippen LogP contribution is 2.36. The van der Waals surface area contributed by atoms with Crippen molar-refractivity contribution >= 4 is 22.8 Å². The molecule has 0 saturated heterocycles. The minimum absolute atomic E-state index is 0.0335. The van der Waals surface area contributed by atoms with E-state index in [0.717, 1.165) is 79.7 Å². The molecule has 198 valence electrons. The van der Waals surface area contributed by atoms with Gasteiger partial charge in [-0.1, -0.05) is 6.07 Å². The summed E-state index contributed by atoms with van der Waals surface area (Å²) in [6, 6.07) is 9.49. The number of anilines is 1. The van der Waals surface area contributed by atoms with Gasteiger partial charge in [0.05, 0.1) is 16.7 Å². The Balaban J connectivity index is 1.42. The molecule has 3 aromatic rings. The Kier molecular flexibility index (Phi) is 7.62. The van der Waals surface area contributed by atoms with Gasteiger partial charge in [0.15, 0.2) is 0 Å². The van der Waals surface area contributed by atoms with Crippen molar-refractivity contribution in [1.82, 2.24) is 19.4 Å². The summed E-state index contributed by atoms with van der Waals surface area (Å²) in [6.07, 6.45) is 7.30. The molecule has 0 unspecified atom stereocenters. The summed E-state index contributed by atoms with van der Waals surface area (Å²) < 4.78 is 3.93. The largest absolute Gasteiger partial charge is 0.465 e. The van der Waals surface area contributed by atoms with Gasteiger partial charge in [-0.15, -0.1) is 0 Å². The van der Waals surface area contributed by atoms with Gasteiger partial charge in [-0.3, -0.25) is 9.69 Å². The highest BCUT2D eigenvalue weighted by molar-refractivity contribution is 5.94. The van der Waals surface area contributed by atoms with E-state index in [9.17, 15) is 19.8 Å². The molecule has 9 heteroatoms. The number of pyridine rings is 1. The molecule has 1 saturated carbocycles. The minimum Gasteiger partial charge on any atom is -0.465 e. The van der Waals surface area contributed by atoms with Gasteiger partial charge in [0.2, 0.25) is 0 Å². The Bertz CT molecular complexity index is 1310. The van der Waals surface area contributed by atoms with Crippen LogP contribution in [0.15, 0.2) is 41.3 Å². The molecule has 2 aromatic heterocycles. The third-order valence-electron chi connectivity index (χ3n) is 8.15. The van der Waals surface area contributed by atoms with Crippen molar-refractivity contribution in [2.75, 3.05) is 18.1 Å². The first kappa shape index (κ1) is 25.5. The number of aryl methyl sites for hydroxylation is 3. The Hall–Kier alpha value is -3.17. The lowest BCUT2D eigenvalue weighted by Gasteiger charge is -2.33. The highest BCUT2D eigenvalue weighted by Gasteiger charge is 2.30. The van der Waals surface area contributed by atoms with Crippen LogP contribution in [-0.2, 0) is 25.9 Å². The summed E-state index contributed by atoms with van der Waals surface area (Å²) in [6.45, 7) is 4.30. The van der Waals surface area contributed by atoms with E-state index in [-0.39, 0.29) is 18.2 Å². The fourth-order valence-electron chi connectivity index (χ4n) is 6.00. The maximum absolute atomic E-state index is 12.3. The van der Waals surface area contributed by atoms with Crippen LogP contribution in [0.4, 0.5) is 10.5 Å². The predicted octanol–water partition coefficient (Wildman–Crippen LogP) is 3.40. The standard InChI is InChI=1S/C28H37N5O4/c1-19-5-10-22-23(33(19)28(36)37)11-12-24-27(22)30-25(13-16-31-15-3-2-4-26(31)35)32(24)17-14-29-21-8-6-20(18-34)7-9-21/h2-4,11-12,15,19-21,29,34H,5-10,13-14,16-18H2,1H3,(H,36,37)/t19-,20-,21-/m0/s1. The fourth-order valence-corrected chi connectivity index (χ4v) is 6.00. The second kappa shape index (κ2) is 11.1. The molecule has 1 fully saturated rings. The van der Waals surface area contributed by atoms with Crippen LogP contribution in [-0.4, -0.2) is 55.7 Å². The zero-order valence-electron chi connectivity index (χ0n) is 21.5. The highest BCUT2D eigenvalue weighted by atomic mass is 16.4. The summed E-state index contributed by atoms with van der Waals surface area (Å²) >= 11 is 0. The van der Waals surface area contributed by atoms with Crippen molar-refractivity contribution in [2.45, 2.75) is 77.0 Å². The van der Waals surface area contributed by atoms with Gasteiger partial charge in [0.1, 0.15) is 5.82 Å². The number of hydrogen-bond acceptors (Lipinski definition) is 5. The van der Waals surface area contributed by atoms with Crippen LogP contribution in [0, 0.1) is 5.92 Å². The van der Waals surface area contributed by atoms with E-state index in [1.165, 1.54) is 4.90 Å². The van der Waals surface area contributed by atoms with Gasteiger partial charge in [0, 0.05) is 62.6 Å². The van der Waals surface area contributed by atoms with Crippen LogP contribution in [0.3, 0.4) is 0 Å². The number of aromatic nitrogens is 3. The van der Waals surface area contributed by atoms with Crippen LogP contribution < -0.4 is 15.8 Å². The topological polar surface area (TPSA) is 113 Å². The number of aliphatic hydroxyl groups is 1. The van der Waals surface area contributed by atoms with Crippen molar-refractivity contribution in [3.05, 3.63) is 58.3 Å². The van der Waals surface area contributed by atoms with Crippen LogP contribution in [0.25, 0.3) is 11.0 Å². The van der Waals surface area contributed by atoms with Gasteiger partial charge in [0.25, 0.3) is 5.56 Å². The number of benzene rings is 1. The normalized spacial score (nSPS) is 21.8. The predicted molar refractivity (Wildman–Crippen MR) is 143 cm³/mol. The molecule has 1 aromatic carbocycles. The quantitative estimate of drug-likeness (QED) is 0.431. The Morgan fingerprint density at radius 2 is 1.92 bits per heavy atom. The average molecular weight is 508 g/mol. The molecule has 3 N–H and O–H groups in total. The van der Waals surface area contributed by atoms with Crippen molar-refractivity contribution in [3.63, 3.8) is 0 Å². The SMILES string of the molecule is C[C@H]1CCc2c(ccc3c2nc(CCn2ccccc2=O)n3CCN[C@H]2CC[C@H](CO)CC2)N1C(=O)O. The Morgan fingerprint density at radius 1 is 1.11 bits per heavy atom. The third-order valence-corrected chi connectivity index (χ3v) is 8.15. The summed E-state index contributed by atoms with van der Waals surface area (Å²) in [7, 11) is 0. The number of nitrogens with one attached hydrogen (secondary N) is 1. The summed E-state index contributed by atoms with van der Waals surface area (Å²) in [5, 5.41) is 23.0. The average Bonchev–Trinajstić information content (AvgIpc) is 3.25. The number of carboxylic acid groups (broad SMARTS) is 1. The first-order valence-corrected chi connectivity index (χ1v) is 13.5. The fraction of sp³-hybridized carbons (Fsp3) is 0.536. The monoisotopic (exact) mass is 507 g/mol. The Morgan fingerprint density at radius 3 is 2.65 bits per heavy atom. The number of carbonyl (C=O) groups is 1. The zero-order valence-corrected chi connectivity index (χ0v) is 21.5. The van der Waals surface area contributed by atoms with Crippen molar-refractivity contribution in [3.8, 4) is 0 Å². The molecule has 3 heterocycles. The second-order valence-corrected chi connectivity index (χ2v) is 10.5. The van der Waals surface area contributed by atoms with Gasteiger partial charge < -0.3 is 24.7 Å². The van der Waals surface area contributed by atoms with E-state index in [2.05, 4.69) is 9.88 Å². The van der Waals surface area contributed by atoms with Gasteiger partial charge in [-0.05, 0) is 69.6 Å². The number of nitrogens with zero attached hydrogens (tertiary/aromatic N) is 4. The molecule has 1 atom stereocenters. The van der Waals surface area contributed by atoms with Crippen LogP contribution in [0.5, 0.6) is 0 Å².